The fourth-order valence-corrected chi connectivity index (χ4v) is 0.672. The van der Waals surface area contributed by atoms with Crippen molar-refractivity contribution < 1.29 is 9.59 Å². The Kier molecular flexibility index (Phi) is 4.04. The molecule has 4 heteroatoms. The first kappa shape index (κ1) is 10.7. The van der Waals surface area contributed by atoms with Crippen LogP contribution in [0.25, 0.3) is 0 Å². The standard InChI is InChI=1S/C8H14N2O2/c1-9(2)5-7(6-11)8(12)10(3)4/h5-6H,1-4H3. The molecule has 0 heterocycles. The normalized spacial score (nSPS) is 10.8. The van der Waals surface area contributed by atoms with E-state index in [2.05, 4.69) is 0 Å². The summed E-state index contributed by atoms with van der Waals surface area (Å²) < 4.78 is 0. The van der Waals surface area contributed by atoms with Crippen LogP contribution >= 0.6 is 0 Å². The molecule has 0 N–H and O–H groups in total. The summed E-state index contributed by atoms with van der Waals surface area (Å²) in [6, 6.07) is 0. The van der Waals surface area contributed by atoms with Crippen LogP contribution in [0.1, 0.15) is 0 Å². The van der Waals surface area contributed by atoms with Gasteiger partial charge in [-0.05, 0) is 0 Å². The van der Waals surface area contributed by atoms with Gasteiger partial charge >= 0.3 is 0 Å². The Bertz CT molecular complexity index is 207. The van der Waals surface area contributed by atoms with Gasteiger partial charge in [0.1, 0.15) is 0 Å². The van der Waals surface area contributed by atoms with E-state index in [0.29, 0.717) is 6.29 Å². The number of hydrogen-bond donors (Lipinski definition) is 0. The lowest BCUT2D eigenvalue weighted by molar-refractivity contribution is -0.126. The van der Waals surface area contributed by atoms with E-state index in [-0.39, 0.29) is 11.5 Å². The molecule has 0 radical (unpaired) electrons. The number of likely N-dealkylation sites (N-methyl/N-ethyl adjacent to an activating group) is 1. The van der Waals surface area contributed by atoms with Gasteiger partial charge in [0.15, 0.2) is 6.29 Å². The van der Waals surface area contributed by atoms with E-state index in [1.807, 2.05) is 0 Å². The summed E-state index contributed by atoms with van der Waals surface area (Å²) in [5, 5.41) is 0. The third kappa shape index (κ3) is 3.18. The van der Waals surface area contributed by atoms with Crippen LogP contribution in [0, 0.1) is 0 Å². The molecular formula is C8H14N2O2. The molecule has 0 bridgehead atoms. The van der Waals surface area contributed by atoms with Crippen LogP contribution in [0.3, 0.4) is 0 Å². The summed E-state index contributed by atoms with van der Waals surface area (Å²) in [5.41, 5.74) is 0.157. The first-order chi connectivity index (χ1) is 5.49. The SMILES string of the molecule is CN(C)C=C(C=O)C(=O)N(C)C. The molecule has 0 aliphatic carbocycles. The molecule has 0 fully saturated rings. The predicted molar refractivity (Wildman–Crippen MR) is 46.5 cm³/mol. The Labute approximate surface area is 72.4 Å². The molecule has 0 aromatic carbocycles. The molecule has 0 saturated carbocycles. The summed E-state index contributed by atoms with van der Waals surface area (Å²) in [4.78, 5) is 24.7. The fourth-order valence-electron chi connectivity index (χ4n) is 0.672. The highest BCUT2D eigenvalue weighted by Crippen LogP contribution is 1.95. The predicted octanol–water partition coefficient (Wildman–Crippen LogP) is -0.281. The van der Waals surface area contributed by atoms with Crippen molar-refractivity contribution in [2.45, 2.75) is 0 Å². The maximum atomic E-state index is 11.2. The van der Waals surface area contributed by atoms with E-state index in [0.717, 1.165) is 0 Å². The van der Waals surface area contributed by atoms with Crippen molar-refractivity contribution in [3.63, 3.8) is 0 Å². The van der Waals surface area contributed by atoms with Gasteiger partial charge < -0.3 is 9.80 Å². The Morgan fingerprint density at radius 2 is 1.67 bits per heavy atom. The van der Waals surface area contributed by atoms with E-state index >= 15 is 0 Å². The Morgan fingerprint density at radius 1 is 1.17 bits per heavy atom. The van der Waals surface area contributed by atoms with E-state index in [4.69, 9.17) is 0 Å². The van der Waals surface area contributed by atoms with Gasteiger partial charge in [-0.3, -0.25) is 9.59 Å². The third-order valence-corrected chi connectivity index (χ3v) is 1.18. The Hall–Kier alpha value is -1.32. The highest BCUT2D eigenvalue weighted by atomic mass is 16.2. The number of amides is 1. The van der Waals surface area contributed by atoms with Crippen molar-refractivity contribution in [3.8, 4) is 0 Å². The van der Waals surface area contributed by atoms with Crippen LogP contribution in [-0.2, 0) is 9.59 Å². The lowest BCUT2D eigenvalue weighted by Gasteiger charge is -2.11. The van der Waals surface area contributed by atoms with Gasteiger partial charge in [-0.2, -0.15) is 0 Å². The van der Waals surface area contributed by atoms with E-state index in [1.165, 1.54) is 11.1 Å². The van der Waals surface area contributed by atoms with Gasteiger partial charge in [0.05, 0.1) is 5.57 Å². The van der Waals surface area contributed by atoms with Crippen LogP contribution < -0.4 is 0 Å². The smallest absolute Gasteiger partial charge is 0.258 e. The molecule has 0 aliphatic heterocycles. The molecule has 0 aromatic heterocycles. The van der Waals surface area contributed by atoms with Crippen molar-refractivity contribution in [2.24, 2.45) is 0 Å². The summed E-state index contributed by atoms with van der Waals surface area (Å²) in [7, 11) is 6.73. The van der Waals surface area contributed by atoms with Crippen molar-refractivity contribution >= 4 is 12.2 Å². The Balaban J connectivity index is 4.56. The molecule has 0 unspecified atom stereocenters. The third-order valence-electron chi connectivity index (χ3n) is 1.18. The molecule has 0 rings (SSSR count). The van der Waals surface area contributed by atoms with Gasteiger partial charge in [0.2, 0.25) is 0 Å². The number of nitrogens with zero attached hydrogens (tertiary/aromatic N) is 2. The zero-order chi connectivity index (χ0) is 9.72. The molecule has 0 aliphatic rings. The lowest BCUT2D eigenvalue weighted by atomic mass is 10.3. The Morgan fingerprint density at radius 3 is 1.92 bits per heavy atom. The number of carbonyl (C=O) groups excluding carboxylic acids is 2. The minimum atomic E-state index is -0.279. The quantitative estimate of drug-likeness (QED) is 0.253. The van der Waals surface area contributed by atoms with Crippen LogP contribution in [-0.4, -0.2) is 50.2 Å². The van der Waals surface area contributed by atoms with Crippen molar-refractivity contribution in [3.05, 3.63) is 11.8 Å². The van der Waals surface area contributed by atoms with Crippen LogP contribution in [0.15, 0.2) is 11.8 Å². The topological polar surface area (TPSA) is 40.6 Å². The van der Waals surface area contributed by atoms with Crippen LogP contribution in [0.4, 0.5) is 0 Å². The molecule has 0 spiro atoms. The second kappa shape index (κ2) is 4.54. The van der Waals surface area contributed by atoms with Crippen LogP contribution in [0.5, 0.6) is 0 Å². The van der Waals surface area contributed by atoms with Gasteiger partial charge in [0.25, 0.3) is 5.91 Å². The molecule has 0 atom stereocenters. The molecule has 12 heavy (non-hydrogen) atoms. The average molecular weight is 170 g/mol. The van der Waals surface area contributed by atoms with E-state index in [1.54, 1.807) is 33.1 Å². The summed E-state index contributed by atoms with van der Waals surface area (Å²) >= 11 is 0. The van der Waals surface area contributed by atoms with Gasteiger partial charge in [-0.25, -0.2) is 0 Å². The molecule has 0 aromatic rings. The van der Waals surface area contributed by atoms with Crippen LogP contribution in [0.2, 0.25) is 0 Å². The molecule has 0 saturated heterocycles. The van der Waals surface area contributed by atoms with Gasteiger partial charge in [0, 0.05) is 34.4 Å². The number of rotatable bonds is 3. The highest BCUT2D eigenvalue weighted by Gasteiger charge is 2.10. The average Bonchev–Trinajstić information content (AvgIpc) is 1.98. The first-order valence-electron chi connectivity index (χ1n) is 3.54. The summed E-state index contributed by atoms with van der Waals surface area (Å²) in [6.07, 6.45) is 2.05. The summed E-state index contributed by atoms with van der Waals surface area (Å²) in [5.74, 6) is -0.279. The second-order valence-corrected chi connectivity index (χ2v) is 2.87. The molecule has 1 amide bonds. The maximum Gasteiger partial charge on any atom is 0.258 e. The fraction of sp³-hybridized carbons (Fsp3) is 0.500. The number of aldehydes is 1. The van der Waals surface area contributed by atoms with E-state index < -0.39 is 0 Å². The molecule has 4 nitrogen and oxygen atoms in total. The second-order valence-electron chi connectivity index (χ2n) is 2.87. The lowest BCUT2D eigenvalue weighted by Crippen LogP contribution is -2.25. The first-order valence-corrected chi connectivity index (χ1v) is 3.54. The molecule has 68 valence electrons. The van der Waals surface area contributed by atoms with Gasteiger partial charge in [-0.15, -0.1) is 0 Å². The van der Waals surface area contributed by atoms with Gasteiger partial charge in [-0.1, -0.05) is 0 Å². The monoisotopic (exact) mass is 170 g/mol. The van der Waals surface area contributed by atoms with Crippen molar-refractivity contribution in [2.75, 3.05) is 28.2 Å². The largest absolute Gasteiger partial charge is 0.383 e. The minimum Gasteiger partial charge on any atom is -0.383 e. The number of carbonyl (C=O) groups is 2. The van der Waals surface area contributed by atoms with Crippen molar-refractivity contribution in [1.82, 2.24) is 9.80 Å². The maximum absolute atomic E-state index is 11.2. The minimum absolute atomic E-state index is 0.157. The molecular weight excluding hydrogens is 156 g/mol. The highest BCUT2D eigenvalue weighted by molar-refractivity contribution is 6.10. The van der Waals surface area contributed by atoms with E-state index in [9.17, 15) is 9.59 Å². The zero-order valence-electron chi connectivity index (χ0n) is 7.87. The number of hydrogen-bond acceptors (Lipinski definition) is 3. The van der Waals surface area contributed by atoms with Crippen molar-refractivity contribution in [1.29, 1.82) is 0 Å². The summed E-state index contributed by atoms with van der Waals surface area (Å²) in [6.45, 7) is 0. The zero-order valence-corrected chi connectivity index (χ0v) is 7.87.